The van der Waals surface area contributed by atoms with Gasteiger partial charge in [-0.2, -0.15) is 0 Å². The summed E-state index contributed by atoms with van der Waals surface area (Å²) >= 11 is 3.21. The Morgan fingerprint density at radius 3 is 1.89 bits per heavy atom. The van der Waals surface area contributed by atoms with Gasteiger partial charge in [0.15, 0.2) is 0 Å². The molecule has 4 aliphatic rings. The molecule has 0 radical (unpaired) electrons. The lowest BCUT2D eigenvalue weighted by atomic mass is 9.83. The second-order valence-electron chi connectivity index (χ2n) is 27.4. The van der Waals surface area contributed by atoms with Crippen molar-refractivity contribution in [3.63, 3.8) is 0 Å². The number of carbonyl (C=O) groups excluding carboxylic acids is 8. The van der Waals surface area contributed by atoms with Crippen LogP contribution in [-0.4, -0.2) is 178 Å². The van der Waals surface area contributed by atoms with E-state index in [9.17, 15) is 38.4 Å². The number of rotatable bonds is 30. The maximum Gasteiger partial charge on any atom is 0.410 e. The molecule has 8 amide bonds. The minimum atomic E-state index is -0.972. The Hall–Kier alpha value is -5.58. The summed E-state index contributed by atoms with van der Waals surface area (Å²) in [4.78, 5) is 115. The Morgan fingerprint density at radius 1 is 0.761 bits per heavy atom. The fourth-order valence-electron chi connectivity index (χ4n) is 11.8. The van der Waals surface area contributed by atoms with Gasteiger partial charge in [0, 0.05) is 33.7 Å². The smallest absolute Gasteiger partial charge is 0.410 e. The predicted molar refractivity (Wildman–Crippen MR) is 347 cm³/mol. The summed E-state index contributed by atoms with van der Waals surface area (Å²) in [6, 6.07) is 5.34. The summed E-state index contributed by atoms with van der Waals surface area (Å²) in [6.07, 6.45) is 16.1. The van der Waals surface area contributed by atoms with Crippen molar-refractivity contribution in [1.29, 1.82) is 0 Å². The second kappa shape index (κ2) is 33.5. The molecule has 5 N–H and O–H groups in total. The molecule has 20 nitrogen and oxygen atoms in total. The van der Waals surface area contributed by atoms with Gasteiger partial charge in [-0.15, -0.1) is 23.5 Å². The van der Waals surface area contributed by atoms with Crippen molar-refractivity contribution >= 4 is 71.2 Å². The Labute approximate surface area is 532 Å². The lowest BCUT2D eigenvalue weighted by Crippen LogP contribution is -2.57. The molecule has 9 atom stereocenters. The topological polar surface area (TPSA) is 249 Å². The average Bonchev–Trinajstić information content (AvgIpc) is 2.34. The summed E-state index contributed by atoms with van der Waals surface area (Å²) in [7, 11) is 2.95. The molecule has 1 aromatic rings. The van der Waals surface area contributed by atoms with Crippen LogP contribution in [0.25, 0.3) is 0 Å². The summed E-state index contributed by atoms with van der Waals surface area (Å²) in [5.74, 6) is -1.32. The molecule has 4 aliphatic heterocycles. The van der Waals surface area contributed by atoms with Crippen molar-refractivity contribution in [1.82, 2.24) is 35.6 Å². The van der Waals surface area contributed by atoms with Crippen molar-refractivity contribution in [2.75, 3.05) is 58.6 Å². The molecule has 0 saturated carbocycles. The number of primary amides is 1. The van der Waals surface area contributed by atoms with Crippen LogP contribution < -0.4 is 21.7 Å². The van der Waals surface area contributed by atoms with Crippen LogP contribution in [0, 0.1) is 16.7 Å². The third kappa shape index (κ3) is 22.1. The number of amides is 8. The normalized spacial score (nSPS) is 22.8. The molecule has 1 aromatic carbocycles. The Bertz CT molecular complexity index is 2600. The minimum absolute atomic E-state index is 0.0952. The molecule has 0 aromatic heterocycles. The molecule has 4 saturated heterocycles. The number of nitrogens with zero attached hydrogens (tertiary/aromatic N) is 4. The maximum atomic E-state index is 14.5. The van der Waals surface area contributed by atoms with E-state index in [2.05, 4.69) is 22.5 Å². The predicted octanol–water partition coefficient (Wildman–Crippen LogP) is 9.43. The van der Waals surface area contributed by atoms with Crippen LogP contribution in [-0.2, 0) is 47.7 Å². The van der Waals surface area contributed by atoms with Gasteiger partial charge in [0.1, 0.15) is 41.9 Å². The second-order valence-corrected chi connectivity index (χ2v) is 29.9. The molecule has 88 heavy (non-hydrogen) atoms. The Kier molecular flexibility index (Phi) is 27.8. The number of unbranched alkanes of at least 4 members (excludes halogenated alkanes) is 7. The van der Waals surface area contributed by atoms with Crippen LogP contribution in [0.3, 0.4) is 0 Å². The largest absolute Gasteiger partial charge is 0.444 e. The van der Waals surface area contributed by atoms with E-state index in [0.29, 0.717) is 49.6 Å². The molecule has 1 unspecified atom stereocenters. The molecule has 4 heterocycles. The van der Waals surface area contributed by atoms with Crippen molar-refractivity contribution in [2.45, 2.75) is 218 Å². The number of nitrogens with one attached hydrogen (secondary N) is 3. The first kappa shape index (κ1) is 73.2. The van der Waals surface area contributed by atoms with Gasteiger partial charge in [-0.1, -0.05) is 127 Å². The third-order valence-corrected chi connectivity index (χ3v) is 19.0. The van der Waals surface area contributed by atoms with Gasteiger partial charge in [-0.05, 0) is 126 Å². The summed E-state index contributed by atoms with van der Waals surface area (Å²) in [5.41, 5.74) is 4.78. The first-order chi connectivity index (χ1) is 41.3. The number of likely N-dealkylation sites (N-methyl/N-ethyl adjacent to an activating group) is 2. The Balaban J connectivity index is 1.04. The minimum Gasteiger partial charge on any atom is -0.444 e. The van der Waals surface area contributed by atoms with E-state index < -0.39 is 82.3 Å². The van der Waals surface area contributed by atoms with E-state index in [-0.39, 0.29) is 72.9 Å². The molecule has 0 bridgehead atoms. The van der Waals surface area contributed by atoms with E-state index in [4.69, 9.17) is 24.7 Å². The lowest BCUT2D eigenvalue weighted by Gasteiger charge is -2.35. The highest BCUT2D eigenvalue weighted by Crippen LogP contribution is 2.48. The van der Waals surface area contributed by atoms with E-state index in [0.717, 1.165) is 56.9 Å². The molecule has 22 heteroatoms. The lowest BCUT2D eigenvalue weighted by molar-refractivity contribution is -0.144. The monoisotopic (exact) mass is 1260 g/mol. The molecule has 4 fully saturated rings. The molecular formula is C66H104N8O12S2. The number of hydrogen-bond acceptors (Lipinski definition) is 14. The molecule has 492 valence electrons. The van der Waals surface area contributed by atoms with Crippen LogP contribution in [0.5, 0.6) is 0 Å². The van der Waals surface area contributed by atoms with E-state index in [1.54, 1.807) is 74.9 Å². The number of ether oxygens (including phenoxy) is 4. The van der Waals surface area contributed by atoms with Crippen molar-refractivity contribution in [2.24, 2.45) is 22.5 Å². The van der Waals surface area contributed by atoms with Gasteiger partial charge in [0.2, 0.25) is 35.4 Å². The Morgan fingerprint density at radius 2 is 1.31 bits per heavy atom. The van der Waals surface area contributed by atoms with E-state index in [1.165, 1.54) is 23.9 Å². The van der Waals surface area contributed by atoms with Gasteiger partial charge in [-0.3, -0.25) is 33.7 Å². The first-order valence-corrected chi connectivity index (χ1v) is 33.6. The number of carbonyl (C=O) groups is 8. The number of fused-ring (bicyclic) bond motifs is 2. The van der Waals surface area contributed by atoms with Crippen LogP contribution in [0.1, 0.15) is 171 Å². The zero-order valence-corrected chi connectivity index (χ0v) is 56.5. The summed E-state index contributed by atoms with van der Waals surface area (Å²) in [6.45, 7) is 26.0. The van der Waals surface area contributed by atoms with E-state index in [1.807, 2.05) is 89.3 Å². The average molecular weight is 1270 g/mol. The third-order valence-electron chi connectivity index (χ3n) is 16.3. The summed E-state index contributed by atoms with van der Waals surface area (Å²) in [5, 5.41) is 8.82. The molecular weight excluding hydrogens is 1160 g/mol. The number of benzene rings is 1. The van der Waals surface area contributed by atoms with Gasteiger partial charge < -0.3 is 55.3 Å². The van der Waals surface area contributed by atoms with Crippen molar-refractivity contribution < 1.29 is 57.3 Å². The van der Waals surface area contributed by atoms with Gasteiger partial charge in [0.05, 0.1) is 36.0 Å². The fourth-order valence-corrected chi connectivity index (χ4v) is 15.1. The van der Waals surface area contributed by atoms with Gasteiger partial charge in [0.25, 0.3) is 0 Å². The SMILES string of the molecule is C=C(/C=C\C=C/C)[C@@H](COCCCCCCCCCCOC[C@@H](NC(=O)[C@H]1N2C(=O)[C@@H](NC(=O)CN(C)C(=O)OC(C)(C)C)CCS[C@H]2CC1(C)C)c1ccccc1)NC(=O)[C@H]1N2C(=O)CC(C[C@@H](C(N)=O)N(C)C(=O)OC(C)(C)C)CS[C@H]2CC1(C)C. The highest BCUT2D eigenvalue weighted by molar-refractivity contribution is 8.00. The number of thioether (sulfide) groups is 2. The zero-order valence-electron chi connectivity index (χ0n) is 54.8. The molecule has 0 spiro atoms. The number of hydrogen-bond donors (Lipinski definition) is 4. The van der Waals surface area contributed by atoms with Gasteiger partial charge >= 0.3 is 12.2 Å². The molecule has 5 rings (SSSR count). The van der Waals surface area contributed by atoms with E-state index >= 15 is 0 Å². The van der Waals surface area contributed by atoms with Crippen molar-refractivity contribution in [3.05, 3.63) is 72.4 Å². The van der Waals surface area contributed by atoms with Crippen LogP contribution >= 0.6 is 23.5 Å². The fraction of sp³-hybridized carbons (Fsp3) is 0.697. The highest BCUT2D eigenvalue weighted by atomic mass is 32.2. The van der Waals surface area contributed by atoms with Crippen LogP contribution in [0.15, 0.2) is 66.8 Å². The zero-order chi connectivity index (χ0) is 65.1. The molecule has 0 aliphatic carbocycles. The standard InChI is InChI=1S/C66H104N8O12S2/c1-15-16-24-29-44(2)48(69-58(78)55-65(9,10)38-53-73(55)52(76)37-45(43-88-53)36-50(57(67)77)72(14)62(82)86-64(6,7)8)41-83-33-27-21-19-17-18-20-22-28-34-84-42-49(46-30-25-23-26-31-46)70-59(79)56-66(11,12)39-54-74(56)60(80)47(32-35-87-54)68-51(75)40-71(13)61(81)85-63(3,4)5/h15-16,23-26,29-31,45,47-50,53-56H,2,17-22,27-28,32-43H2,1,3-14H3,(H2,67,77)(H,68,75)(H,69,78)(H,70,79)/b16-15-,29-24-/t45?,47-,48+,49+,50-,53-,54-,55+,56+/m0/s1. The van der Waals surface area contributed by atoms with Crippen LogP contribution in [0.4, 0.5) is 9.59 Å². The summed E-state index contributed by atoms with van der Waals surface area (Å²) < 4.78 is 23.3. The number of nitrogens with two attached hydrogens (primary N) is 1. The first-order valence-electron chi connectivity index (χ1n) is 31.5. The van der Waals surface area contributed by atoms with Gasteiger partial charge in [-0.25, -0.2) is 9.59 Å². The quantitative estimate of drug-likeness (QED) is 0.0414. The van der Waals surface area contributed by atoms with Crippen LogP contribution in [0.2, 0.25) is 0 Å². The maximum absolute atomic E-state index is 14.5. The number of allylic oxidation sites excluding steroid dienone is 3. The highest BCUT2D eigenvalue weighted by Gasteiger charge is 2.56. The van der Waals surface area contributed by atoms with Crippen molar-refractivity contribution in [3.8, 4) is 0 Å².